The minimum absolute atomic E-state index is 0.0105. The maximum atomic E-state index is 14.4. The molecule has 360 valence electrons. The Morgan fingerprint density at radius 1 is 1.01 bits per heavy atom. The van der Waals surface area contributed by atoms with Crippen LogP contribution in [0.4, 0.5) is 10.7 Å². The number of terminal acetylenes is 1. The van der Waals surface area contributed by atoms with Crippen LogP contribution in [0.2, 0.25) is 0 Å². The van der Waals surface area contributed by atoms with E-state index in [0.29, 0.717) is 42.3 Å². The van der Waals surface area contributed by atoms with E-state index < -0.39 is 23.6 Å². The number of hydrogen-bond acceptors (Lipinski definition) is 11. The fourth-order valence-corrected chi connectivity index (χ4v) is 12.0. The lowest BCUT2D eigenvalue weighted by Crippen LogP contribution is -2.70. The number of carbonyl (C=O) groups excluding carboxylic acids is 3. The molecule has 5 aliphatic rings. The summed E-state index contributed by atoms with van der Waals surface area (Å²) in [7, 11) is 1.69. The van der Waals surface area contributed by atoms with E-state index in [9.17, 15) is 24.6 Å². The molecule has 16 nitrogen and oxygen atoms in total. The maximum Gasteiger partial charge on any atom is 0.320 e. The van der Waals surface area contributed by atoms with Gasteiger partial charge in [-0.2, -0.15) is 0 Å². The number of rotatable bonds is 9. The van der Waals surface area contributed by atoms with Crippen LogP contribution in [0.25, 0.3) is 22.3 Å². The number of likely N-dealkylation sites (tertiary alicyclic amines) is 3. The molecule has 0 radical (unpaired) electrons. The van der Waals surface area contributed by atoms with Crippen molar-refractivity contribution >= 4 is 34.8 Å². The van der Waals surface area contributed by atoms with E-state index in [4.69, 9.17) is 16.4 Å². The van der Waals surface area contributed by atoms with Crippen molar-refractivity contribution in [3.05, 3.63) is 94.9 Å². The van der Waals surface area contributed by atoms with Crippen LogP contribution in [0.15, 0.2) is 67.0 Å². The van der Waals surface area contributed by atoms with E-state index in [-0.39, 0.29) is 54.6 Å². The molecule has 3 aromatic heterocycles. The van der Waals surface area contributed by atoms with Crippen LogP contribution < -0.4 is 10.2 Å². The summed E-state index contributed by atoms with van der Waals surface area (Å²) in [6, 6.07) is 15.2. The van der Waals surface area contributed by atoms with Gasteiger partial charge in [-0.15, -0.1) is 16.6 Å². The summed E-state index contributed by atoms with van der Waals surface area (Å²) in [5.41, 5.74) is 6.58. The Balaban J connectivity index is 0.703. The molecule has 1 spiro atoms. The molecule has 10 rings (SSSR count). The van der Waals surface area contributed by atoms with E-state index in [1.807, 2.05) is 80.5 Å². The zero-order chi connectivity index (χ0) is 48.4. The maximum absolute atomic E-state index is 14.4. The number of aliphatic hydroxyl groups is 1. The van der Waals surface area contributed by atoms with Gasteiger partial charge in [-0.25, -0.2) is 14.8 Å². The Morgan fingerprint density at radius 2 is 1.72 bits per heavy atom. The molecule has 1 aliphatic carbocycles. The number of anilines is 1. The van der Waals surface area contributed by atoms with Crippen molar-refractivity contribution in [3.8, 4) is 29.4 Å². The Kier molecular flexibility index (Phi) is 12.1. The van der Waals surface area contributed by atoms with Gasteiger partial charge < -0.3 is 45.0 Å². The predicted octanol–water partition coefficient (Wildman–Crippen LogP) is 5.61. The Bertz CT molecular complexity index is 2780. The number of urea groups is 1. The molecule has 3 saturated heterocycles. The molecule has 7 heterocycles. The molecular weight excluding hydrogens is 871 g/mol. The standard InChI is InChI=1S/C53H63N11O5/c1-7-33-12-14-34(15-13-33)26-54-48(67)43-22-38(65)29-64(43)49(68)46(52(3,4)5)60(6)51(69)62-30-53(31-62)24-37(25-53)61-19-16-35(17-20-61)36-27-55-50(56-28-36)63-21-18-41-45(32(63)2)40-23-42(58-59-47(40)57-41)39-10-8-9-11-44(39)66/h1,8-15,23,27-28,32,35,37-38,43,46,65-66H,16-22,24-26,29-31H2,2-6H3,(H,54,67)(H,57,59)/t32-,38-,43+,46-/m1/s1. The summed E-state index contributed by atoms with van der Waals surface area (Å²) in [6.07, 6.45) is 13.8. The number of piperidine rings is 1. The van der Waals surface area contributed by atoms with Crippen molar-refractivity contribution in [2.24, 2.45) is 10.8 Å². The molecule has 2 aromatic carbocycles. The summed E-state index contributed by atoms with van der Waals surface area (Å²) in [4.78, 5) is 65.0. The topological polar surface area (TPSA) is 187 Å². The number of fused-ring (bicyclic) bond motifs is 3. The minimum Gasteiger partial charge on any atom is -0.507 e. The summed E-state index contributed by atoms with van der Waals surface area (Å²) >= 11 is 0. The van der Waals surface area contributed by atoms with Gasteiger partial charge in [0.25, 0.3) is 0 Å². The van der Waals surface area contributed by atoms with Crippen LogP contribution in [0.5, 0.6) is 5.75 Å². The number of hydrogen-bond donors (Lipinski definition) is 4. The predicted molar refractivity (Wildman–Crippen MR) is 262 cm³/mol. The average molecular weight is 934 g/mol. The highest BCUT2D eigenvalue weighted by Crippen LogP contribution is 2.51. The van der Waals surface area contributed by atoms with Gasteiger partial charge in [-0.05, 0) is 98.5 Å². The Labute approximate surface area is 403 Å². The number of aliphatic hydroxyl groups excluding tert-OH is 1. The van der Waals surface area contributed by atoms with Crippen LogP contribution in [0.1, 0.15) is 99.7 Å². The number of benzene rings is 2. The average Bonchev–Trinajstić information content (AvgIpc) is 3.90. The molecule has 4 N–H and O–H groups in total. The first-order valence-corrected chi connectivity index (χ1v) is 24.4. The van der Waals surface area contributed by atoms with Gasteiger partial charge in [0.15, 0.2) is 5.65 Å². The van der Waals surface area contributed by atoms with Gasteiger partial charge in [0.05, 0.1) is 17.8 Å². The van der Waals surface area contributed by atoms with Crippen molar-refractivity contribution in [3.63, 3.8) is 0 Å². The third-order valence-electron chi connectivity index (χ3n) is 15.6. The summed E-state index contributed by atoms with van der Waals surface area (Å²) in [5, 5.41) is 34.0. The highest BCUT2D eigenvalue weighted by atomic mass is 16.3. The Hall–Kier alpha value is -6.57. The molecule has 16 heteroatoms. The number of para-hydroxylation sites is 1. The molecule has 1 saturated carbocycles. The van der Waals surface area contributed by atoms with Gasteiger partial charge in [-0.1, -0.05) is 51.0 Å². The van der Waals surface area contributed by atoms with Crippen LogP contribution in [-0.4, -0.2) is 143 Å². The number of carbonyl (C=O) groups is 3. The van der Waals surface area contributed by atoms with Gasteiger partial charge in [-0.3, -0.25) is 9.59 Å². The van der Waals surface area contributed by atoms with Crippen molar-refractivity contribution in [2.75, 3.05) is 51.2 Å². The van der Waals surface area contributed by atoms with Crippen molar-refractivity contribution in [1.29, 1.82) is 0 Å². The van der Waals surface area contributed by atoms with Crippen LogP contribution in [0, 0.1) is 23.2 Å². The lowest BCUT2D eigenvalue weighted by Gasteiger charge is -2.62. The zero-order valence-electron chi connectivity index (χ0n) is 40.2. The van der Waals surface area contributed by atoms with E-state index in [1.54, 1.807) is 24.1 Å². The highest BCUT2D eigenvalue weighted by molar-refractivity contribution is 5.93. The second-order valence-electron chi connectivity index (χ2n) is 21.3. The number of aromatic nitrogens is 5. The largest absolute Gasteiger partial charge is 0.507 e. The molecule has 4 amide bonds. The fraction of sp³-hybridized carbons (Fsp3) is 0.491. The number of H-pyrrole nitrogens is 1. The van der Waals surface area contributed by atoms with Crippen molar-refractivity contribution in [1.82, 2.24) is 50.1 Å². The molecule has 5 aromatic rings. The molecule has 4 aliphatic heterocycles. The number of β-amino-alcohol motifs (C(OH)–C–C–N with tert-alkyl or cyclic N) is 1. The van der Waals surface area contributed by atoms with Crippen molar-refractivity contribution in [2.45, 2.75) is 109 Å². The van der Waals surface area contributed by atoms with Crippen LogP contribution >= 0.6 is 0 Å². The number of phenols is 1. The van der Waals surface area contributed by atoms with E-state index in [2.05, 4.69) is 43.1 Å². The number of likely N-dealkylation sites (N-methyl/N-ethyl adjacent to an activating group) is 1. The van der Waals surface area contributed by atoms with Gasteiger partial charge in [0, 0.05) is 104 Å². The third kappa shape index (κ3) is 8.75. The molecule has 69 heavy (non-hydrogen) atoms. The van der Waals surface area contributed by atoms with E-state index in [0.717, 1.165) is 85.2 Å². The number of phenolic OH excluding ortho intramolecular Hbond substituents is 1. The Morgan fingerprint density at radius 3 is 2.41 bits per heavy atom. The number of aromatic hydroxyl groups is 1. The first kappa shape index (κ1) is 46.2. The lowest BCUT2D eigenvalue weighted by molar-refractivity contribution is -0.145. The number of nitrogens with one attached hydrogen (secondary N) is 2. The normalized spacial score (nSPS) is 22.2. The second-order valence-corrected chi connectivity index (χ2v) is 21.3. The molecular formula is C53H63N11O5. The van der Waals surface area contributed by atoms with Gasteiger partial charge in [0.2, 0.25) is 17.8 Å². The highest BCUT2D eigenvalue weighted by Gasteiger charge is 2.56. The van der Waals surface area contributed by atoms with Crippen LogP contribution in [0.3, 0.4) is 0 Å². The quantitative estimate of drug-likeness (QED) is 0.135. The first-order chi connectivity index (χ1) is 33.1. The summed E-state index contributed by atoms with van der Waals surface area (Å²) in [5.74, 6) is 3.19. The first-order valence-electron chi connectivity index (χ1n) is 24.4. The second kappa shape index (κ2) is 18.1. The van der Waals surface area contributed by atoms with E-state index in [1.165, 1.54) is 10.5 Å². The molecule has 0 bridgehead atoms. The number of nitrogens with zero attached hydrogens (tertiary/aromatic N) is 9. The number of aromatic amines is 1. The van der Waals surface area contributed by atoms with E-state index >= 15 is 0 Å². The molecule has 4 atom stereocenters. The minimum atomic E-state index is -0.848. The zero-order valence-corrected chi connectivity index (χ0v) is 40.2. The summed E-state index contributed by atoms with van der Waals surface area (Å²) < 4.78 is 0. The van der Waals surface area contributed by atoms with Gasteiger partial charge in [0.1, 0.15) is 17.8 Å². The van der Waals surface area contributed by atoms with Gasteiger partial charge >= 0.3 is 6.03 Å². The summed E-state index contributed by atoms with van der Waals surface area (Å²) in [6.45, 7) is 12.4. The van der Waals surface area contributed by atoms with Crippen LogP contribution in [-0.2, 0) is 22.6 Å². The third-order valence-corrected chi connectivity index (χ3v) is 15.6. The lowest BCUT2D eigenvalue weighted by atomic mass is 9.60. The fourth-order valence-electron chi connectivity index (χ4n) is 12.0. The number of amides is 4. The monoisotopic (exact) mass is 934 g/mol. The molecule has 4 fully saturated rings. The SMILES string of the molecule is C#Cc1ccc(CNC(=O)[C@@H]2C[C@@H](O)CN2C(=O)[C@@H](N(C)C(=O)N2CC3(CC(N4CCC(c5cnc(N6CCc7[nH]c8nnc(-c9ccccc9O)cc8c7[C@H]6C)nc5)CC4)C3)C2)C(C)(C)C)cc1. The molecule has 0 unspecified atom stereocenters. The van der Waals surface area contributed by atoms with Crippen molar-refractivity contribution < 1.29 is 24.6 Å². The smallest absolute Gasteiger partial charge is 0.320 e.